The van der Waals surface area contributed by atoms with Crippen molar-refractivity contribution in [2.24, 2.45) is 0 Å². The zero-order chi connectivity index (χ0) is 13.6. The molecule has 0 saturated heterocycles. The highest BCUT2D eigenvalue weighted by Gasteiger charge is 2.10. The van der Waals surface area contributed by atoms with Crippen LogP contribution in [0.5, 0.6) is 0 Å². The summed E-state index contributed by atoms with van der Waals surface area (Å²) in [4.78, 5) is 0. The smallest absolute Gasteiger partial charge is 0.214 e. The Hall–Kier alpha value is -0.620. The standard InChI is InChI=1S/C12H18ClNO3S/c1-10(2)17-6-7-18(15,16)14-9-11-4-3-5-12(13)8-11/h3-5,8,10,14H,6-7,9H2,1-2H3. The predicted octanol–water partition coefficient (Wildman–Crippen LogP) is 2.18. The molecule has 6 heteroatoms. The van der Waals surface area contributed by atoms with Crippen LogP contribution in [-0.2, 0) is 21.3 Å². The van der Waals surface area contributed by atoms with Gasteiger partial charge in [-0.05, 0) is 31.5 Å². The summed E-state index contributed by atoms with van der Waals surface area (Å²) in [5, 5.41) is 0.592. The second-order valence-electron chi connectivity index (χ2n) is 4.19. The van der Waals surface area contributed by atoms with Crippen LogP contribution in [0.3, 0.4) is 0 Å². The molecule has 4 nitrogen and oxygen atoms in total. The Labute approximate surface area is 113 Å². The molecular formula is C12H18ClNO3S. The molecule has 0 fully saturated rings. The van der Waals surface area contributed by atoms with Gasteiger partial charge in [0.2, 0.25) is 10.0 Å². The van der Waals surface area contributed by atoms with Gasteiger partial charge < -0.3 is 4.74 Å². The third-order valence-corrected chi connectivity index (χ3v) is 3.71. The Bertz CT molecular complexity index is 474. The molecule has 1 N–H and O–H groups in total. The molecule has 0 aromatic heterocycles. The van der Waals surface area contributed by atoms with Crippen LogP contribution < -0.4 is 4.72 Å². The van der Waals surface area contributed by atoms with E-state index in [4.69, 9.17) is 16.3 Å². The minimum Gasteiger partial charge on any atom is -0.378 e. The number of halogens is 1. The summed E-state index contributed by atoms with van der Waals surface area (Å²) in [6.07, 6.45) is 0.0353. The molecule has 1 rings (SSSR count). The van der Waals surface area contributed by atoms with Gasteiger partial charge in [0.25, 0.3) is 0 Å². The van der Waals surface area contributed by atoms with Gasteiger partial charge in [-0.3, -0.25) is 0 Å². The van der Waals surface area contributed by atoms with Crippen molar-refractivity contribution in [3.8, 4) is 0 Å². The van der Waals surface area contributed by atoms with Crippen molar-refractivity contribution in [1.82, 2.24) is 4.72 Å². The Morgan fingerprint density at radius 2 is 2.11 bits per heavy atom. The molecule has 0 atom stereocenters. The largest absolute Gasteiger partial charge is 0.378 e. The fraction of sp³-hybridized carbons (Fsp3) is 0.500. The number of hydrogen-bond acceptors (Lipinski definition) is 3. The molecule has 0 saturated carbocycles. The topological polar surface area (TPSA) is 55.4 Å². The lowest BCUT2D eigenvalue weighted by atomic mass is 10.2. The molecule has 0 heterocycles. The molecule has 0 spiro atoms. The molecule has 0 aliphatic carbocycles. The van der Waals surface area contributed by atoms with E-state index in [1.807, 2.05) is 19.9 Å². The average molecular weight is 292 g/mol. The highest BCUT2D eigenvalue weighted by atomic mass is 35.5. The number of sulfonamides is 1. The maximum atomic E-state index is 11.6. The van der Waals surface area contributed by atoms with Gasteiger partial charge in [0.05, 0.1) is 18.5 Å². The van der Waals surface area contributed by atoms with Crippen molar-refractivity contribution in [2.75, 3.05) is 12.4 Å². The molecule has 0 unspecified atom stereocenters. The Kier molecular flexibility index (Phi) is 6.08. The van der Waals surface area contributed by atoms with Crippen molar-refractivity contribution >= 4 is 21.6 Å². The van der Waals surface area contributed by atoms with Crippen molar-refractivity contribution < 1.29 is 13.2 Å². The summed E-state index contributed by atoms with van der Waals surface area (Å²) in [6.45, 7) is 4.17. The molecule has 0 amide bonds. The Morgan fingerprint density at radius 3 is 2.72 bits per heavy atom. The first kappa shape index (κ1) is 15.4. The first-order chi connectivity index (χ1) is 8.39. The molecule has 0 aliphatic rings. The second-order valence-corrected chi connectivity index (χ2v) is 6.55. The van der Waals surface area contributed by atoms with Gasteiger partial charge in [0.15, 0.2) is 0 Å². The molecule has 1 aromatic carbocycles. The first-order valence-corrected chi connectivity index (χ1v) is 7.75. The molecule has 1 aromatic rings. The lowest BCUT2D eigenvalue weighted by molar-refractivity contribution is 0.0911. The third kappa shape index (κ3) is 6.35. The van der Waals surface area contributed by atoms with Gasteiger partial charge >= 0.3 is 0 Å². The quantitative estimate of drug-likeness (QED) is 0.838. The normalized spacial score (nSPS) is 12.0. The summed E-state index contributed by atoms with van der Waals surface area (Å²) in [5.74, 6) is -0.0360. The summed E-state index contributed by atoms with van der Waals surface area (Å²) < 4.78 is 31.0. The van der Waals surface area contributed by atoms with Crippen molar-refractivity contribution in [3.05, 3.63) is 34.9 Å². The minimum atomic E-state index is -3.31. The lowest BCUT2D eigenvalue weighted by Gasteiger charge is -2.09. The fourth-order valence-corrected chi connectivity index (χ4v) is 2.37. The van der Waals surface area contributed by atoms with Crippen molar-refractivity contribution in [1.29, 1.82) is 0 Å². The predicted molar refractivity (Wildman–Crippen MR) is 73.2 cm³/mol. The van der Waals surface area contributed by atoms with E-state index in [9.17, 15) is 8.42 Å². The van der Waals surface area contributed by atoms with E-state index in [0.717, 1.165) is 5.56 Å². The molecule has 0 radical (unpaired) electrons. The zero-order valence-electron chi connectivity index (χ0n) is 10.5. The van der Waals surface area contributed by atoms with Gasteiger partial charge in [0.1, 0.15) is 0 Å². The van der Waals surface area contributed by atoms with Crippen LogP contribution in [0.4, 0.5) is 0 Å². The van der Waals surface area contributed by atoms with E-state index >= 15 is 0 Å². The maximum Gasteiger partial charge on any atom is 0.214 e. The monoisotopic (exact) mass is 291 g/mol. The first-order valence-electron chi connectivity index (χ1n) is 5.72. The summed E-state index contributed by atoms with van der Waals surface area (Å²) in [5.41, 5.74) is 0.829. The van der Waals surface area contributed by atoms with Crippen LogP contribution >= 0.6 is 11.6 Å². The third-order valence-electron chi connectivity index (χ3n) is 2.19. The van der Waals surface area contributed by atoms with E-state index in [-0.39, 0.29) is 25.0 Å². The SMILES string of the molecule is CC(C)OCCS(=O)(=O)NCc1cccc(Cl)c1. The lowest BCUT2D eigenvalue weighted by Crippen LogP contribution is -2.28. The molecule has 0 aliphatic heterocycles. The molecular weight excluding hydrogens is 274 g/mol. The number of hydrogen-bond donors (Lipinski definition) is 1. The van der Waals surface area contributed by atoms with Crippen molar-refractivity contribution in [2.45, 2.75) is 26.5 Å². The molecule has 18 heavy (non-hydrogen) atoms. The number of ether oxygens (including phenoxy) is 1. The summed E-state index contributed by atoms with van der Waals surface area (Å²) in [7, 11) is -3.31. The number of benzene rings is 1. The maximum absolute atomic E-state index is 11.6. The van der Waals surface area contributed by atoms with E-state index in [0.29, 0.717) is 5.02 Å². The van der Waals surface area contributed by atoms with E-state index < -0.39 is 10.0 Å². The fourth-order valence-electron chi connectivity index (χ4n) is 1.31. The highest BCUT2D eigenvalue weighted by molar-refractivity contribution is 7.89. The Morgan fingerprint density at radius 1 is 1.39 bits per heavy atom. The van der Waals surface area contributed by atoms with E-state index in [2.05, 4.69) is 4.72 Å². The minimum absolute atomic E-state index is 0.0353. The van der Waals surface area contributed by atoms with Crippen LogP contribution in [0.15, 0.2) is 24.3 Å². The van der Waals surface area contributed by atoms with E-state index in [1.54, 1.807) is 18.2 Å². The Balaban J connectivity index is 2.42. The molecule has 102 valence electrons. The van der Waals surface area contributed by atoms with Crippen molar-refractivity contribution in [3.63, 3.8) is 0 Å². The second kappa shape index (κ2) is 7.09. The highest BCUT2D eigenvalue weighted by Crippen LogP contribution is 2.10. The van der Waals surface area contributed by atoms with Gasteiger partial charge in [0, 0.05) is 11.6 Å². The van der Waals surface area contributed by atoms with Crippen LogP contribution in [0, 0.1) is 0 Å². The van der Waals surface area contributed by atoms with E-state index in [1.165, 1.54) is 0 Å². The van der Waals surface area contributed by atoms with Crippen LogP contribution in [0.25, 0.3) is 0 Å². The van der Waals surface area contributed by atoms with Crippen LogP contribution in [-0.4, -0.2) is 26.9 Å². The average Bonchev–Trinajstić information content (AvgIpc) is 2.26. The number of nitrogens with one attached hydrogen (secondary N) is 1. The van der Waals surface area contributed by atoms with Gasteiger partial charge in [-0.2, -0.15) is 0 Å². The van der Waals surface area contributed by atoms with Gasteiger partial charge in [-0.25, -0.2) is 13.1 Å². The van der Waals surface area contributed by atoms with Gasteiger partial charge in [-0.15, -0.1) is 0 Å². The van der Waals surface area contributed by atoms with Gasteiger partial charge in [-0.1, -0.05) is 23.7 Å². The van der Waals surface area contributed by atoms with Crippen LogP contribution in [0.1, 0.15) is 19.4 Å². The molecule has 0 bridgehead atoms. The van der Waals surface area contributed by atoms with Crippen LogP contribution in [0.2, 0.25) is 5.02 Å². The summed E-state index contributed by atoms with van der Waals surface area (Å²) in [6, 6.07) is 7.08. The summed E-state index contributed by atoms with van der Waals surface area (Å²) >= 11 is 5.82. The number of rotatable bonds is 7. The zero-order valence-corrected chi connectivity index (χ0v) is 12.1.